The first-order chi connectivity index (χ1) is 9.10. The Morgan fingerprint density at radius 1 is 1.05 bits per heavy atom. The number of rotatable bonds is 2. The van der Waals surface area contributed by atoms with Gasteiger partial charge in [0.25, 0.3) is 5.70 Å². The van der Waals surface area contributed by atoms with Crippen LogP contribution in [-0.2, 0) is 4.79 Å². The maximum absolute atomic E-state index is 13.5. The van der Waals surface area contributed by atoms with Gasteiger partial charge in [0.15, 0.2) is 12.4 Å². The minimum absolute atomic E-state index is 0.676. The lowest BCUT2D eigenvalue weighted by atomic mass is 10.1. The highest BCUT2D eigenvalue weighted by Gasteiger charge is 2.72. The Labute approximate surface area is 113 Å². The topological polar surface area (TPSA) is 24.2 Å². The Morgan fingerprint density at radius 2 is 1.55 bits per heavy atom. The standard InChI is InChI=1S/C13H13F4N2O/c1-8-10(11(20)13(16,17)12(8,14)15)19-6-4-9(5-7-19)18(2)3/h4-7H,1-3H3/q+1. The predicted molar refractivity (Wildman–Crippen MR) is 64.8 cm³/mol. The van der Waals surface area contributed by atoms with E-state index >= 15 is 0 Å². The van der Waals surface area contributed by atoms with Crippen LogP contribution in [0, 0.1) is 0 Å². The second-order valence-corrected chi connectivity index (χ2v) is 4.81. The van der Waals surface area contributed by atoms with Crippen LogP contribution >= 0.6 is 0 Å². The summed E-state index contributed by atoms with van der Waals surface area (Å²) >= 11 is 0. The van der Waals surface area contributed by atoms with Gasteiger partial charge in [0.05, 0.1) is 5.57 Å². The highest BCUT2D eigenvalue weighted by Crippen LogP contribution is 2.48. The lowest BCUT2D eigenvalue weighted by Gasteiger charge is -2.16. The Hall–Kier alpha value is -1.92. The first kappa shape index (κ1) is 14.5. The second-order valence-electron chi connectivity index (χ2n) is 4.81. The van der Waals surface area contributed by atoms with Gasteiger partial charge in [0, 0.05) is 31.9 Å². The molecule has 0 unspecified atom stereocenters. The summed E-state index contributed by atoms with van der Waals surface area (Å²) in [6.45, 7) is 0.848. The van der Waals surface area contributed by atoms with Gasteiger partial charge in [0.2, 0.25) is 0 Å². The molecule has 0 amide bonds. The third kappa shape index (κ3) is 1.80. The highest BCUT2D eigenvalue weighted by atomic mass is 19.3. The summed E-state index contributed by atoms with van der Waals surface area (Å²) in [7, 11) is 3.54. The summed E-state index contributed by atoms with van der Waals surface area (Å²) in [5.74, 6) is -11.0. The zero-order chi connectivity index (χ0) is 15.3. The number of hydrogen-bond acceptors (Lipinski definition) is 2. The molecule has 0 saturated carbocycles. The van der Waals surface area contributed by atoms with Gasteiger partial charge in [-0.2, -0.15) is 22.1 Å². The van der Waals surface area contributed by atoms with Crippen LogP contribution in [-0.4, -0.2) is 31.7 Å². The van der Waals surface area contributed by atoms with E-state index in [2.05, 4.69) is 0 Å². The van der Waals surface area contributed by atoms with E-state index in [1.807, 2.05) is 0 Å². The Bertz CT molecular complexity index is 591. The van der Waals surface area contributed by atoms with Gasteiger partial charge >= 0.3 is 17.6 Å². The zero-order valence-electron chi connectivity index (χ0n) is 11.1. The predicted octanol–water partition coefficient (Wildman–Crippen LogP) is 2.12. The Morgan fingerprint density at radius 3 is 1.90 bits per heavy atom. The van der Waals surface area contributed by atoms with Crippen molar-refractivity contribution in [2.45, 2.75) is 18.8 Å². The van der Waals surface area contributed by atoms with Gasteiger partial charge in [0.1, 0.15) is 0 Å². The van der Waals surface area contributed by atoms with Crippen LogP contribution < -0.4 is 9.47 Å². The molecule has 0 fully saturated rings. The van der Waals surface area contributed by atoms with Gasteiger partial charge < -0.3 is 4.90 Å². The smallest absolute Gasteiger partial charge is 0.377 e. The minimum Gasteiger partial charge on any atom is -0.377 e. The average molecular weight is 289 g/mol. The van der Waals surface area contributed by atoms with Crippen molar-refractivity contribution in [3.05, 3.63) is 30.1 Å². The minimum atomic E-state index is -4.69. The fourth-order valence-electron chi connectivity index (χ4n) is 2.02. The number of Topliss-reactive ketones (excluding diaryl/α,β-unsaturated/α-hetero) is 1. The molecule has 108 valence electrons. The van der Waals surface area contributed by atoms with Crippen LogP contribution in [0.1, 0.15) is 6.92 Å². The van der Waals surface area contributed by atoms with E-state index in [-0.39, 0.29) is 0 Å². The van der Waals surface area contributed by atoms with Gasteiger partial charge in [-0.3, -0.25) is 4.79 Å². The third-order valence-corrected chi connectivity index (χ3v) is 3.31. The van der Waals surface area contributed by atoms with Gasteiger partial charge in [-0.1, -0.05) is 0 Å². The first-order valence-corrected chi connectivity index (χ1v) is 5.81. The quantitative estimate of drug-likeness (QED) is 0.615. The van der Waals surface area contributed by atoms with Crippen LogP contribution in [0.4, 0.5) is 23.2 Å². The van der Waals surface area contributed by atoms with Crippen molar-refractivity contribution in [2.75, 3.05) is 19.0 Å². The monoisotopic (exact) mass is 289 g/mol. The van der Waals surface area contributed by atoms with E-state index in [0.29, 0.717) is 0 Å². The molecule has 1 heterocycles. The fraction of sp³-hybridized carbons (Fsp3) is 0.385. The van der Waals surface area contributed by atoms with Crippen molar-refractivity contribution in [2.24, 2.45) is 0 Å². The molecule has 0 radical (unpaired) electrons. The number of anilines is 1. The average Bonchev–Trinajstić information content (AvgIpc) is 2.49. The van der Waals surface area contributed by atoms with Crippen molar-refractivity contribution in [3.63, 3.8) is 0 Å². The number of carbonyl (C=O) groups is 1. The number of halogens is 4. The first-order valence-electron chi connectivity index (χ1n) is 5.81. The number of ketones is 1. The molecule has 20 heavy (non-hydrogen) atoms. The van der Waals surface area contributed by atoms with Crippen LogP contribution in [0.25, 0.3) is 5.70 Å². The van der Waals surface area contributed by atoms with E-state index < -0.39 is 28.9 Å². The van der Waals surface area contributed by atoms with Crippen molar-refractivity contribution >= 4 is 17.2 Å². The third-order valence-electron chi connectivity index (χ3n) is 3.31. The molecule has 7 heteroatoms. The van der Waals surface area contributed by atoms with Crippen molar-refractivity contribution in [1.29, 1.82) is 0 Å². The zero-order valence-corrected chi connectivity index (χ0v) is 11.1. The summed E-state index contributed by atoms with van der Waals surface area (Å²) < 4.78 is 54.6. The number of pyridine rings is 1. The van der Waals surface area contributed by atoms with Crippen LogP contribution in [0.3, 0.4) is 0 Å². The maximum atomic E-state index is 13.5. The van der Waals surface area contributed by atoms with E-state index in [1.54, 1.807) is 31.1 Å². The largest absolute Gasteiger partial charge is 0.382 e. The molecule has 1 aromatic rings. The molecule has 0 spiro atoms. The number of nitrogens with zero attached hydrogens (tertiary/aromatic N) is 2. The number of hydrogen-bond donors (Lipinski definition) is 0. The molecule has 3 nitrogen and oxygen atoms in total. The number of carbonyl (C=O) groups excluding carboxylic acids is 1. The Balaban J connectivity index is 2.52. The Kier molecular flexibility index (Phi) is 3.11. The van der Waals surface area contributed by atoms with Gasteiger partial charge in [-0.25, -0.2) is 0 Å². The van der Waals surface area contributed by atoms with Crippen LogP contribution in [0.5, 0.6) is 0 Å². The van der Waals surface area contributed by atoms with E-state index in [9.17, 15) is 22.4 Å². The lowest BCUT2D eigenvalue weighted by Crippen LogP contribution is -2.44. The summed E-state index contributed by atoms with van der Waals surface area (Å²) in [4.78, 5) is 13.3. The second kappa shape index (κ2) is 4.29. The summed E-state index contributed by atoms with van der Waals surface area (Å²) in [5.41, 5.74) is -0.844. The molecule has 1 aliphatic carbocycles. The molecule has 0 saturated heterocycles. The fourth-order valence-corrected chi connectivity index (χ4v) is 2.02. The van der Waals surface area contributed by atoms with E-state index in [4.69, 9.17) is 0 Å². The summed E-state index contributed by atoms with van der Waals surface area (Å²) in [6, 6.07) is 3.09. The molecule has 2 rings (SSSR count). The number of allylic oxidation sites excluding steroid dienone is 2. The molecule has 0 N–H and O–H groups in total. The molecule has 1 aromatic heterocycles. The van der Waals surface area contributed by atoms with E-state index in [0.717, 1.165) is 17.2 Å². The van der Waals surface area contributed by atoms with Crippen molar-refractivity contribution in [1.82, 2.24) is 0 Å². The number of aromatic nitrogens is 1. The number of alkyl halides is 4. The molecule has 0 aromatic carbocycles. The summed E-state index contributed by atoms with van der Waals surface area (Å²) in [6.07, 6.45) is 2.62. The van der Waals surface area contributed by atoms with Gasteiger partial charge in [-0.05, 0) is 6.92 Å². The molecular formula is C13H13F4N2O+. The van der Waals surface area contributed by atoms with Crippen LogP contribution in [0.2, 0.25) is 0 Å². The molecule has 1 aliphatic rings. The SMILES string of the molecule is CC1=C([n+]2ccc(N(C)C)cc2)C(=O)C(F)(F)C1(F)F. The molecular weight excluding hydrogens is 276 g/mol. The van der Waals surface area contributed by atoms with Crippen molar-refractivity contribution in [3.8, 4) is 0 Å². The van der Waals surface area contributed by atoms with Gasteiger partial charge in [-0.15, -0.1) is 0 Å². The highest BCUT2D eigenvalue weighted by molar-refractivity contribution is 6.20. The van der Waals surface area contributed by atoms with Crippen LogP contribution in [0.15, 0.2) is 30.1 Å². The lowest BCUT2D eigenvalue weighted by molar-refractivity contribution is -0.577. The summed E-state index contributed by atoms with van der Waals surface area (Å²) in [5, 5.41) is 0. The van der Waals surface area contributed by atoms with E-state index in [1.165, 1.54) is 12.4 Å². The van der Waals surface area contributed by atoms with Crippen molar-refractivity contribution < 1.29 is 26.9 Å². The molecule has 0 aliphatic heterocycles. The molecule has 0 bridgehead atoms. The molecule has 0 atom stereocenters. The maximum Gasteiger partial charge on any atom is 0.382 e. The normalized spacial score (nSPS) is 20.4.